The molecule has 2 amide bonds. The third-order valence-electron chi connectivity index (χ3n) is 6.17. The zero-order valence-corrected chi connectivity index (χ0v) is 21.7. The van der Waals surface area contributed by atoms with Crippen LogP contribution in [-0.2, 0) is 16.1 Å². The SMILES string of the molecule is CCCCNC(=O)[C@H](C)N(Cc1c(Cl)cccc1Cl)C(=O)CC(c1ccccc1)c1ccccc1. The van der Waals surface area contributed by atoms with E-state index in [1.54, 1.807) is 30.0 Å². The Hall–Kier alpha value is -2.82. The van der Waals surface area contributed by atoms with Crippen molar-refractivity contribution in [1.29, 1.82) is 0 Å². The summed E-state index contributed by atoms with van der Waals surface area (Å²) in [6.45, 7) is 4.54. The van der Waals surface area contributed by atoms with Crippen LogP contribution >= 0.6 is 23.2 Å². The van der Waals surface area contributed by atoms with Gasteiger partial charge in [-0.3, -0.25) is 9.59 Å². The number of halogens is 2. The molecule has 3 rings (SSSR count). The highest BCUT2D eigenvalue weighted by atomic mass is 35.5. The second kappa shape index (κ2) is 13.3. The van der Waals surface area contributed by atoms with Crippen molar-refractivity contribution in [3.05, 3.63) is 106 Å². The molecule has 0 unspecified atom stereocenters. The number of benzene rings is 3. The minimum atomic E-state index is -0.682. The molecule has 0 fully saturated rings. The second-order valence-corrected chi connectivity index (χ2v) is 9.43. The van der Waals surface area contributed by atoms with Gasteiger partial charge in [-0.2, -0.15) is 0 Å². The monoisotopic (exact) mass is 510 g/mol. The lowest BCUT2D eigenvalue weighted by atomic mass is 9.88. The van der Waals surface area contributed by atoms with E-state index in [1.807, 2.05) is 60.7 Å². The van der Waals surface area contributed by atoms with Crippen molar-refractivity contribution in [3.8, 4) is 0 Å². The number of carbonyl (C=O) groups excluding carboxylic acids is 2. The molecule has 3 aromatic rings. The molecule has 0 aliphatic heterocycles. The van der Waals surface area contributed by atoms with Crippen molar-refractivity contribution in [2.45, 2.75) is 51.6 Å². The van der Waals surface area contributed by atoms with Crippen molar-refractivity contribution < 1.29 is 9.59 Å². The van der Waals surface area contributed by atoms with Crippen molar-refractivity contribution >= 4 is 35.0 Å². The Morgan fingerprint density at radius 2 is 1.40 bits per heavy atom. The van der Waals surface area contributed by atoms with E-state index >= 15 is 0 Å². The molecule has 0 bridgehead atoms. The highest BCUT2D eigenvalue weighted by Gasteiger charge is 2.30. The maximum Gasteiger partial charge on any atom is 0.242 e. The van der Waals surface area contributed by atoms with E-state index < -0.39 is 6.04 Å². The number of carbonyl (C=O) groups is 2. The van der Waals surface area contributed by atoms with Gasteiger partial charge in [-0.25, -0.2) is 0 Å². The van der Waals surface area contributed by atoms with Gasteiger partial charge in [0.05, 0.1) is 0 Å². The third kappa shape index (κ3) is 7.33. The van der Waals surface area contributed by atoms with Gasteiger partial charge in [-0.1, -0.05) is 103 Å². The average Bonchev–Trinajstić information content (AvgIpc) is 2.87. The third-order valence-corrected chi connectivity index (χ3v) is 6.88. The first-order valence-corrected chi connectivity index (χ1v) is 12.8. The molecular formula is C29H32Cl2N2O2. The normalized spacial score (nSPS) is 11.8. The first-order chi connectivity index (χ1) is 16.9. The van der Waals surface area contributed by atoms with Gasteiger partial charge >= 0.3 is 0 Å². The zero-order valence-electron chi connectivity index (χ0n) is 20.2. The molecule has 184 valence electrons. The number of nitrogens with one attached hydrogen (secondary N) is 1. The van der Waals surface area contributed by atoms with E-state index in [0.29, 0.717) is 22.2 Å². The minimum Gasteiger partial charge on any atom is -0.354 e. The Morgan fingerprint density at radius 1 is 0.857 bits per heavy atom. The van der Waals surface area contributed by atoms with Crippen molar-refractivity contribution in [2.75, 3.05) is 6.54 Å². The Bertz CT molecular complexity index is 1050. The van der Waals surface area contributed by atoms with Crippen LogP contribution in [0, 0.1) is 0 Å². The van der Waals surface area contributed by atoms with E-state index in [-0.39, 0.29) is 30.7 Å². The quantitative estimate of drug-likeness (QED) is 0.286. The van der Waals surface area contributed by atoms with Crippen LogP contribution in [0.2, 0.25) is 10.0 Å². The fourth-order valence-electron chi connectivity index (χ4n) is 4.06. The lowest BCUT2D eigenvalue weighted by molar-refractivity contribution is -0.140. The standard InChI is InChI=1S/C29H32Cl2N2O2/c1-3-4-18-32-29(35)21(2)33(20-25-26(30)16-11-17-27(25)31)28(34)19-24(22-12-7-5-8-13-22)23-14-9-6-10-15-23/h5-17,21,24H,3-4,18-20H2,1-2H3,(H,32,35)/t21-/m0/s1. The molecular weight excluding hydrogens is 479 g/mol. The summed E-state index contributed by atoms with van der Waals surface area (Å²) in [5, 5.41) is 3.89. The first-order valence-electron chi connectivity index (χ1n) is 12.0. The fraction of sp³-hybridized carbons (Fsp3) is 0.310. The van der Waals surface area contributed by atoms with Crippen LogP contribution in [-0.4, -0.2) is 29.3 Å². The van der Waals surface area contributed by atoms with Gasteiger partial charge in [0.2, 0.25) is 11.8 Å². The summed E-state index contributed by atoms with van der Waals surface area (Å²) in [5.41, 5.74) is 2.72. The van der Waals surface area contributed by atoms with E-state index in [4.69, 9.17) is 23.2 Å². The first kappa shape index (κ1) is 26.8. The highest BCUT2D eigenvalue weighted by Crippen LogP contribution is 2.31. The number of rotatable bonds is 11. The summed E-state index contributed by atoms with van der Waals surface area (Å²) in [6, 6.07) is 24.5. The molecule has 0 heterocycles. The molecule has 0 radical (unpaired) electrons. The summed E-state index contributed by atoms with van der Waals surface area (Å²) in [5.74, 6) is -0.479. The molecule has 0 aliphatic rings. The number of unbranched alkanes of at least 4 members (excludes halogenated alkanes) is 1. The maximum atomic E-state index is 13.9. The molecule has 0 saturated carbocycles. The van der Waals surface area contributed by atoms with Crippen LogP contribution in [0.25, 0.3) is 0 Å². The minimum absolute atomic E-state index is 0.142. The van der Waals surface area contributed by atoms with Crippen LogP contribution in [0.4, 0.5) is 0 Å². The van der Waals surface area contributed by atoms with E-state index in [1.165, 1.54) is 0 Å². The van der Waals surface area contributed by atoms with Gasteiger partial charge in [-0.05, 0) is 36.6 Å². The lowest BCUT2D eigenvalue weighted by Gasteiger charge is -2.31. The largest absolute Gasteiger partial charge is 0.354 e. The summed E-state index contributed by atoms with van der Waals surface area (Å²) >= 11 is 12.9. The zero-order chi connectivity index (χ0) is 25.2. The van der Waals surface area contributed by atoms with E-state index in [0.717, 1.165) is 24.0 Å². The molecule has 4 nitrogen and oxygen atoms in total. The molecule has 3 aromatic carbocycles. The van der Waals surface area contributed by atoms with Crippen molar-refractivity contribution in [2.24, 2.45) is 0 Å². The summed E-state index contributed by atoms with van der Waals surface area (Å²) in [7, 11) is 0. The van der Waals surface area contributed by atoms with Gasteiger partial charge in [0.25, 0.3) is 0 Å². The Morgan fingerprint density at radius 3 is 1.91 bits per heavy atom. The van der Waals surface area contributed by atoms with Gasteiger partial charge in [0, 0.05) is 41.0 Å². The summed E-state index contributed by atoms with van der Waals surface area (Å²) < 4.78 is 0. The molecule has 0 spiro atoms. The number of nitrogens with zero attached hydrogens (tertiary/aromatic N) is 1. The lowest BCUT2D eigenvalue weighted by Crippen LogP contribution is -2.48. The van der Waals surface area contributed by atoms with Gasteiger partial charge in [0.15, 0.2) is 0 Å². The van der Waals surface area contributed by atoms with Gasteiger partial charge in [-0.15, -0.1) is 0 Å². The molecule has 6 heteroatoms. The molecule has 0 saturated heterocycles. The fourth-order valence-corrected chi connectivity index (χ4v) is 4.58. The molecule has 1 N–H and O–H groups in total. The van der Waals surface area contributed by atoms with Crippen molar-refractivity contribution in [1.82, 2.24) is 10.2 Å². The number of hydrogen-bond acceptors (Lipinski definition) is 2. The highest BCUT2D eigenvalue weighted by molar-refractivity contribution is 6.36. The van der Waals surface area contributed by atoms with Crippen LogP contribution in [0.3, 0.4) is 0 Å². The average molecular weight is 511 g/mol. The Labute approximate surface area is 218 Å². The molecule has 0 aliphatic carbocycles. The number of hydrogen-bond donors (Lipinski definition) is 1. The summed E-state index contributed by atoms with van der Waals surface area (Å²) in [4.78, 5) is 28.4. The summed E-state index contributed by atoms with van der Waals surface area (Å²) in [6.07, 6.45) is 2.07. The van der Waals surface area contributed by atoms with Crippen LogP contribution < -0.4 is 5.32 Å². The van der Waals surface area contributed by atoms with E-state index in [2.05, 4.69) is 12.2 Å². The predicted octanol–water partition coefficient (Wildman–Crippen LogP) is 6.85. The van der Waals surface area contributed by atoms with Crippen LogP contribution in [0.15, 0.2) is 78.9 Å². The van der Waals surface area contributed by atoms with E-state index in [9.17, 15) is 9.59 Å². The Balaban J connectivity index is 1.92. The van der Waals surface area contributed by atoms with Crippen LogP contribution in [0.5, 0.6) is 0 Å². The topological polar surface area (TPSA) is 49.4 Å². The maximum absolute atomic E-state index is 13.9. The smallest absolute Gasteiger partial charge is 0.242 e. The second-order valence-electron chi connectivity index (χ2n) is 8.62. The van der Waals surface area contributed by atoms with Gasteiger partial charge < -0.3 is 10.2 Å². The van der Waals surface area contributed by atoms with Gasteiger partial charge in [0.1, 0.15) is 6.04 Å². The number of amides is 2. The Kier molecular flexibility index (Phi) is 10.2. The van der Waals surface area contributed by atoms with Crippen LogP contribution in [0.1, 0.15) is 55.7 Å². The molecule has 35 heavy (non-hydrogen) atoms. The van der Waals surface area contributed by atoms with Crippen molar-refractivity contribution in [3.63, 3.8) is 0 Å². The predicted molar refractivity (Wildman–Crippen MR) is 144 cm³/mol. The molecule has 1 atom stereocenters. The molecule has 0 aromatic heterocycles.